The number of rotatable bonds is 2. The van der Waals surface area contributed by atoms with Gasteiger partial charge in [0.05, 0.1) is 21.3 Å². The number of nitrogens with zero attached hydrogens (tertiary/aromatic N) is 2. The highest BCUT2D eigenvalue weighted by atomic mass is 32.1. The Morgan fingerprint density at radius 3 is 2.92 bits per heavy atom. The molecular weight excluding hydrogens is 318 g/mol. The number of thiazole rings is 1. The summed E-state index contributed by atoms with van der Waals surface area (Å²) in [6, 6.07) is 16.3. The van der Waals surface area contributed by atoms with Crippen LogP contribution in [-0.2, 0) is 0 Å². The molecule has 1 aliphatic rings. The Hall–Kier alpha value is -2.40. The van der Waals surface area contributed by atoms with Gasteiger partial charge in [-0.15, -0.1) is 11.3 Å². The monoisotopic (exact) mass is 337 g/mol. The number of nitrogens with one attached hydrogen (secondary N) is 1. The van der Waals surface area contributed by atoms with Gasteiger partial charge in [0.25, 0.3) is 0 Å². The fraction of sp³-hybridized carbons (Fsp3) is 0.263. The van der Waals surface area contributed by atoms with E-state index in [2.05, 4.69) is 22.4 Å². The number of likely N-dealkylation sites (tertiary alicyclic amines) is 1. The number of fused-ring (bicyclic) bond motifs is 1. The van der Waals surface area contributed by atoms with E-state index < -0.39 is 0 Å². The SMILES string of the molecule is Cc1nc2ccc(NC(=O)N3CCC[C@H]3c3ccccc3)cc2s1. The van der Waals surface area contributed by atoms with Crippen molar-refractivity contribution < 1.29 is 4.79 Å². The molecule has 1 N–H and O–H groups in total. The van der Waals surface area contributed by atoms with E-state index in [1.807, 2.05) is 48.2 Å². The molecule has 122 valence electrons. The normalized spacial score (nSPS) is 17.4. The zero-order valence-electron chi connectivity index (χ0n) is 13.5. The highest BCUT2D eigenvalue weighted by Crippen LogP contribution is 2.32. The average Bonchev–Trinajstić information content (AvgIpc) is 3.21. The van der Waals surface area contributed by atoms with E-state index in [0.29, 0.717) is 0 Å². The molecule has 0 saturated carbocycles. The van der Waals surface area contributed by atoms with Crippen LogP contribution in [-0.4, -0.2) is 22.5 Å². The van der Waals surface area contributed by atoms with Crippen LogP contribution in [0, 0.1) is 6.92 Å². The molecule has 3 aromatic rings. The number of carbonyl (C=O) groups is 1. The first-order valence-electron chi connectivity index (χ1n) is 8.20. The molecule has 2 heterocycles. The summed E-state index contributed by atoms with van der Waals surface area (Å²) in [6.07, 6.45) is 2.06. The molecule has 24 heavy (non-hydrogen) atoms. The maximum absolute atomic E-state index is 12.7. The van der Waals surface area contributed by atoms with Crippen LogP contribution >= 0.6 is 11.3 Å². The zero-order chi connectivity index (χ0) is 16.5. The molecule has 0 spiro atoms. The Morgan fingerprint density at radius 2 is 2.08 bits per heavy atom. The minimum Gasteiger partial charge on any atom is -0.317 e. The highest BCUT2D eigenvalue weighted by molar-refractivity contribution is 7.18. The van der Waals surface area contributed by atoms with E-state index >= 15 is 0 Å². The number of urea groups is 1. The quantitative estimate of drug-likeness (QED) is 0.717. The van der Waals surface area contributed by atoms with E-state index in [1.54, 1.807) is 11.3 Å². The molecule has 1 aromatic heterocycles. The van der Waals surface area contributed by atoms with Crippen molar-refractivity contribution in [1.29, 1.82) is 0 Å². The number of aryl methyl sites for hydroxylation is 1. The predicted octanol–water partition coefficient (Wildman–Crippen LogP) is 4.97. The molecule has 0 bridgehead atoms. The average molecular weight is 337 g/mol. The summed E-state index contributed by atoms with van der Waals surface area (Å²) in [5.74, 6) is 0. The summed E-state index contributed by atoms with van der Waals surface area (Å²) in [4.78, 5) is 19.1. The van der Waals surface area contributed by atoms with Gasteiger partial charge in [-0.05, 0) is 43.5 Å². The van der Waals surface area contributed by atoms with Gasteiger partial charge >= 0.3 is 6.03 Å². The van der Waals surface area contributed by atoms with Crippen molar-refractivity contribution in [1.82, 2.24) is 9.88 Å². The van der Waals surface area contributed by atoms with E-state index in [9.17, 15) is 4.79 Å². The van der Waals surface area contributed by atoms with Gasteiger partial charge in [-0.25, -0.2) is 9.78 Å². The standard InChI is InChI=1S/C19H19N3OS/c1-13-20-16-10-9-15(12-18(16)24-13)21-19(23)22-11-5-8-17(22)14-6-3-2-4-7-14/h2-4,6-7,9-10,12,17H,5,8,11H2,1H3,(H,21,23)/t17-/m0/s1. The van der Waals surface area contributed by atoms with Gasteiger partial charge in [-0.3, -0.25) is 0 Å². The molecule has 4 nitrogen and oxygen atoms in total. The maximum Gasteiger partial charge on any atom is 0.322 e. The van der Waals surface area contributed by atoms with Crippen molar-refractivity contribution >= 4 is 33.3 Å². The van der Waals surface area contributed by atoms with Crippen LogP contribution in [0.4, 0.5) is 10.5 Å². The predicted molar refractivity (Wildman–Crippen MR) is 98.5 cm³/mol. The molecule has 2 amide bonds. The highest BCUT2D eigenvalue weighted by Gasteiger charge is 2.29. The lowest BCUT2D eigenvalue weighted by Crippen LogP contribution is -2.34. The van der Waals surface area contributed by atoms with Crippen LogP contribution in [0.2, 0.25) is 0 Å². The van der Waals surface area contributed by atoms with E-state index in [4.69, 9.17) is 0 Å². The Labute approximate surface area is 145 Å². The lowest BCUT2D eigenvalue weighted by Gasteiger charge is -2.25. The molecule has 1 saturated heterocycles. The number of hydrogen-bond donors (Lipinski definition) is 1. The molecule has 2 aromatic carbocycles. The fourth-order valence-electron chi connectivity index (χ4n) is 3.34. The molecule has 0 radical (unpaired) electrons. The molecule has 0 unspecified atom stereocenters. The number of carbonyl (C=O) groups excluding carboxylic acids is 1. The summed E-state index contributed by atoms with van der Waals surface area (Å²) in [5, 5.41) is 4.09. The molecule has 1 fully saturated rings. The fourth-order valence-corrected chi connectivity index (χ4v) is 4.21. The Kier molecular flexibility index (Phi) is 3.94. The first-order chi connectivity index (χ1) is 11.7. The summed E-state index contributed by atoms with van der Waals surface area (Å²) < 4.78 is 1.10. The number of amides is 2. The van der Waals surface area contributed by atoms with Crippen molar-refractivity contribution in [2.75, 3.05) is 11.9 Å². The minimum absolute atomic E-state index is 0.0260. The van der Waals surface area contributed by atoms with E-state index in [-0.39, 0.29) is 12.1 Å². The second kappa shape index (κ2) is 6.24. The van der Waals surface area contributed by atoms with Crippen molar-refractivity contribution in [2.24, 2.45) is 0 Å². The van der Waals surface area contributed by atoms with Crippen molar-refractivity contribution in [3.8, 4) is 0 Å². The van der Waals surface area contributed by atoms with Gasteiger partial charge in [0.15, 0.2) is 0 Å². The van der Waals surface area contributed by atoms with Gasteiger partial charge in [-0.1, -0.05) is 30.3 Å². The summed E-state index contributed by atoms with van der Waals surface area (Å²) in [7, 11) is 0. The number of aromatic nitrogens is 1. The number of anilines is 1. The molecular formula is C19H19N3OS. The third-order valence-corrected chi connectivity index (χ3v) is 5.38. The van der Waals surface area contributed by atoms with Crippen molar-refractivity contribution in [3.63, 3.8) is 0 Å². The van der Waals surface area contributed by atoms with Gasteiger partial charge < -0.3 is 10.2 Å². The summed E-state index contributed by atoms with van der Waals surface area (Å²) in [5.41, 5.74) is 3.02. The minimum atomic E-state index is -0.0260. The van der Waals surface area contributed by atoms with Crippen LogP contribution in [0.25, 0.3) is 10.2 Å². The first kappa shape index (κ1) is 15.1. The molecule has 5 heteroatoms. The third kappa shape index (κ3) is 2.87. The van der Waals surface area contributed by atoms with Crippen molar-refractivity contribution in [3.05, 3.63) is 59.1 Å². The smallest absolute Gasteiger partial charge is 0.317 e. The number of hydrogen-bond acceptors (Lipinski definition) is 3. The van der Waals surface area contributed by atoms with Gasteiger partial charge in [0.1, 0.15) is 0 Å². The Bertz CT molecular complexity index is 875. The lowest BCUT2D eigenvalue weighted by atomic mass is 10.1. The summed E-state index contributed by atoms with van der Waals surface area (Å²) >= 11 is 1.65. The van der Waals surface area contributed by atoms with Crippen molar-refractivity contribution in [2.45, 2.75) is 25.8 Å². The number of benzene rings is 2. The Morgan fingerprint density at radius 1 is 1.25 bits per heavy atom. The van der Waals surface area contributed by atoms with Gasteiger partial charge in [0, 0.05) is 12.2 Å². The first-order valence-corrected chi connectivity index (χ1v) is 9.02. The zero-order valence-corrected chi connectivity index (χ0v) is 14.3. The molecule has 1 atom stereocenters. The van der Waals surface area contributed by atoms with Crippen LogP contribution in [0.5, 0.6) is 0 Å². The molecule has 4 rings (SSSR count). The van der Waals surface area contributed by atoms with E-state index in [0.717, 1.165) is 40.3 Å². The van der Waals surface area contributed by atoms with Gasteiger partial charge in [0.2, 0.25) is 0 Å². The van der Waals surface area contributed by atoms with Crippen LogP contribution < -0.4 is 5.32 Å². The summed E-state index contributed by atoms with van der Waals surface area (Å²) in [6.45, 7) is 2.80. The lowest BCUT2D eigenvalue weighted by molar-refractivity contribution is 0.207. The van der Waals surface area contributed by atoms with Crippen LogP contribution in [0.3, 0.4) is 0 Å². The topological polar surface area (TPSA) is 45.2 Å². The van der Waals surface area contributed by atoms with Gasteiger partial charge in [-0.2, -0.15) is 0 Å². The Balaban J connectivity index is 1.54. The maximum atomic E-state index is 12.7. The van der Waals surface area contributed by atoms with E-state index in [1.165, 1.54) is 5.56 Å². The molecule has 1 aliphatic heterocycles. The second-order valence-electron chi connectivity index (χ2n) is 6.11. The molecule has 0 aliphatic carbocycles. The largest absolute Gasteiger partial charge is 0.322 e. The second-order valence-corrected chi connectivity index (χ2v) is 7.34. The van der Waals surface area contributed by atoms with Crippen LogP contribution in [0.1, 0.15) is 29.5 Å². The van der Waals surface area contributed by atoms with Crippen LogP contribution in [0.15, 0.2) is 48.5 Å². The third-order valence-electron chi connectivity index (χ3n) is 4.44.